The van der Waals surface area contributed by atoms with Crippen LogP contribution in [-0.2, 0) is 0 Å². The van der Waals surface area contributed by atoms with Crippen molar-refractivity contribution < 1.29 is 9.53 Å². The fourth-order valence-corrected chi connectivity index (χ4v) is 2.34. The van der Waals surface area contributed by atoms with Gasteiger partial charge in [-0.1, -0.05) is 11.6 Å². The normalized spacial score (nSPS) is 16.6. The summed E-state index contributed by atoms with van der Waals surface area (Å²) >= 11 is 6.05. The van der Waals surface area contributed by atoms with Crippen molar-refractivity contribution in [1.29, 1.82) is 5.26 Å². The molecular formula is C14H14ClNO2. The first-order valence-corrected chi connectivity index (χ1v) is 6.22. The summed E-state index contributed by atoms with van der Waals surface area (Å²) in [6, 6.07) is 5.49. The molecule has 0 atom stereocenters. The lowest BCUT2D eigenvalue weighted by Gasteiger charge is -2.33. The number of ether oxygens (including phenoxy) is 1. The van der Waals surface area contributed by atoms with E-state index in [1.807, 2.05) is 6.92 Å². The lowest BCUT2D eigenvalue weighted by Crippen LogP contribution is -2.36. The number of aryl methyl sites for hydroxylation is 1. The van der Waals surface area contributed by atoms with Crippen molar-refractivity contribution in [2.45, 2.75) is 26.2 Å². The van der Waals surface area contributed by atoms with E-state index in [2.05, 4.69) is 6.07 Å². The van der Waals surface area contributed by atoms with Gasteiger partial charge in [0.25, 0.3) is 0 Å². The molecule has 0 heterocycles. The Morgan fingerprint density at radius 1 is 1.50 bits per heavy atom. The lowest BCUT2D eigenvalue weighted by atomic mass is 9.65. The highest BCUT2D eigenvalue weighted by molar-refractivity contribution is 6.32. The number of nitrogens with zero attached hydrogens (tertiary/aromatic N) is 1. The first kappa shape index (κ1) is 12.9. The van der Waals surface area contributed by atoms with E-state index in [0.29, 0.717) is 29.2 Å². The quantitative estimate of drug-likeness (QED) is 0.784. The summed E-state index contributed by atoms with van der Waals surface area (Å²) in [5.41, 5.74) is 0.394. The highest BCUT2D eigenvalue weighted by Crippen LogP contribution is 2.44. The van der Waals surface area contributed by atoms with Crippen LogP contribution in [0.1, 0.15) is 35.2 Å². The molecule has 0 bridgehead atoms. The molecule has 18 heavy (non-hydrogen) atoms. The van der Waals surface area contributed by atoms with Gasteiger partial charge in [0.15, 0.2) is 5.78 Å². The minimum Gasteiger partial charge on any atom is -0.496 e. The predicted molar refractivity (Wildman–Crippen MR) is 69.0 cm³/mol. The van der Waals surface area contributed by atoms with Crippen molar-refractivity contribution in [3.63, 3.8) is 0 Å². The summed E-state index contributed by atoms with van der Waals surface area (Å²) in [4.78, 5) is 12.5. The van der Waals surface area contributed by atoms with Gasteiger partial charge in [-0.3, -0.25) is 4.79 Å². The van der Waals surface area contributed by atoms with Crippen LogP contribution < -0.4 is 4.74 Å². The molecule has 0 radical (unpaired) electrons. The van der Waals surface area contributed by atoms with Gasteiger partial charge < -0.3 is 4.74 Å². The Labute approximate surface area is 111 Å². The molecule has 1 aromatic carbocycles. The van der Waals surface area contributed by atoms with Crippen molar-refractivity contribution >= 4 is 17.4 Å². The molecule has 2 rings (SSSR count). The predicted octanol–water partition coefficient (Wildman–Crippen LogP) is 3.53. The molecular weight excluding hydrogens is 250 g/mol. The summed E-state index contributed by atoms with van der Waals surface area (Å²) in [5, 5.41) is 9.73. The highest BCUT2D eigenvalue weighted by Gasteiger charge is 2.45. The van der Waals surface area contributed by atoms with E-state index in [1.54, 1.807) is 12.1 Å². The first-order valence-electron chi connectivity index (χ1n) is 5.84. The second-order valence-corrected chi connectivity index (χ2v) is 5.09. The van der Waals surface area contributed by atoms with Gasteiger partial charge in [-0.05, 0) is 43.9 Å². The monoisotopic (exact) mass is 263 g/mol. The molecule has 1 saturated carbocycles. The van der Waals surface area contributed by atoms with Crippen LogP contribution in [0.5, 0.6) is 5.75 Å². The van der Waals surface area contributed by atoms with Crippen molar-refractivity contribution in [3.05, 3.63) is 28.3 Å². The summed E-state index contributed by atoms with van der Waals surface area (Å²) in [6.07, 6.45) is 2.16. The van der Waals surface area contributed by atoms with Crippen molar-refractivity contribution in [3.8, 4) is 11.8 Å². The van der Waals surface area contributed by atoms with Crippen LogP contribution in [0.15, 0.2) is 12.1 Å². The molecule has 1 aliphatic rings. The van der Waals surface area contributed by atoms with Gasteiger partial charge in [0, 0.05) is 5.02 Å². The number of carbonyl (C=O) groups excluding carboxylic acids is 1. The Balaban J connectivity index is 2.48. The largest absolute Gasteiger partial charge is 0.496 e. The number of hydrogen-bond donors (Lipinski definition) is 0. The number of carbonyl (C=O) groups is 1. The molecule has 1 fully saturated rings. The smallest absolute Gasteiger partial charge is 0.186 e. The van der Waals surface area contributed by atoms with Gasteiger partial charge >= 0.3 is 0 Å². The van der Waals surface area contributed by atoms with Crippen LogP contribution in [0.4, 0.5) is 0 Å². The summed E-state index contributed by atoms with van der Waals surface area (Å²) < 4.78 is 5.22. The van der Waals surface area contributed by atoms with E-state index in [9.17, 15) is 10.1 Å². The fraction of sp³-hybridized carbons (Fsp3) is 0.429. The van der Waals surface area contributed by atoms with Crippen molar-refractivity contribution in [2.24, 2.45) is 5.41 Å². The minimum absolute atomic E-state index is 0.171. The summed E-state index contributed by atoms with van der Waals surface area (Å²) in [5.74, 6) is 0.318. The van der Waals surface area contributed by atoms with Crippen molar-refractivity contribution in [1.82, 2.24) is 0 Å². The molecule has 0 unspecified atom stereocenters. The van der Waals surface area contributed by atoms with E-state index < -0.39 is 5.41 Å². The lowest BCUT2D eigenvalue weighted by molar-refractivity contribution is 0.0745. The summed E-state index contributed by atoms with van der Waals surface area (Å²) in [6.45, 7) is 1.85. The molecule has 1 aromatic rings. The van der Waals surface area contributed by atoms with Crippen LogP contribution in [0.2, 0.25) is 5.02 Å². The number of methoxy groups -OCH3 is 1. The van der Waals surface area contributed by atoms with E-state index >= 15 is 0 Å². The van der Waals surface area contributed by atoms with E-state index in [-0.39, 0.29) is 5.78 Å². The van der Waals surface area contributed by atoms with Gasteiger partial charge in [-0.2, -0.15) is 5.26 Å². The zero-order valence-electron chi connectivity index (χ0n) is 10.4. The van der Waals surface area contributed by atoms with Crippen LogP contribution in [0, 0.1) is 23.7 Å². The molecule has 0 aromatic heterocycles. The maximum Gasteiger partial charge on any atom is 0.186 e. The van der Waals surface area contributed by atoms with Gasteiger partial charge in [-0.15, -0.1) is 0 Å². The topological polar surface area (TPSA) is 50.1 Å². The maximum absolute atomic E-state index is 12.5. The third-order valence-electron chi connectivity index (χ3n) is 3.58. The molecule has 0 spiro atoms. The second kappa shape index (κ2) is 4.62. The van der Waals surface area contributed by atoms with Crippen molar-refractivity contribution in [2.75, 3.05) is 7.11 Å². The Morgan fingerprint density at radius 2 is 2.17 bits per heavy atom. The van der Waals surface area contributed by atoms with Gasteiger partial charge in [0.2, 0.25) is 0 Å². The average Bonchev–Trinajstić information content (AvgIpc) is 2.31. The number of nitriles is 1. The number of rotatable bonds is 3. The summed E-state index contributed by atoms with van der Waals surface area (Å²) in [7, 11) is 1.51. The van der Waals surface area contributed by atoms with Gasteiger partial charge in [0.1, 0.15) is 11.2 Å². The molecule has 4 heteroatoms. The fourth-order valence-electron chi connectivity index (χ4n) is 2.18. The Bertz CT molecular complexity index is 541. The minimum atomic E-state index is -0.869. The number of Topliss-reactive ketones (excluding diaryl/α,β-unsaturated/α-hetero) is 1. The van der Waals surface area contributed by atoms with Gasteiger partial charge in [-0.25, -0.2) is 0 Å². The zero-order chi connectivity index (χ0) is 13.3. The van der Waals surface area contributed by atoms with Crippen LogP contribution in [-0.4, -0.2) is 12.9 Å². The van der Waals surface area contributed by atoms with Crippen LogP contribution in [0.3, 0.4) is 0 Å². The Kier molecular flexibility index (Phi) is 3.32. The molecule has 0 saturated heterocycles. The molecule has 0 amide bonds. The molecule has 94 valence electrons. The Hall–Kier alpha value is -1.53. The molecule has 0 N–H and O–H groups in total. The van der Waals surface area contributed by atoms with E-state index in [0.717, 1.165) is 12.0 Å². The number of halogens is 1. The van der Waals surface area contributed by atoms with Crippen LogP contribution >= 0.6 is 11.6 Å². The SMILES string of the molecule is COc1cc(C)c(Cl)cc1C(=O)C1(C#N)CCC1. The molecule has 1 aliphatic carbocycles. The average molecular weight is 264 g/mol. The third kappa shape index (κ3) is 1.87. The molecule has 3 nitrogen and oxygen atoms in total. The second-order valence-electron chi connectivity index (χ2n) is 4.68. The number of benzene rings is 1. The maximum atomic E-state index is 12.5. The zero-order valence-corrected chi connectivity index (χ0v) is 11.2. The standard InChI is InChI=1S/C14H14ClNO2/c1-9-6-12(18-2)10(7-11(9)15)13(17)14(8-16)4-3-5-14/h6-7H,3-5H2,1-2H3. The highest BCUT2D eigenvalue weighted by atomic mass is 35.5. The van der Waals surface area contributed by atoms with Crippen LogP contribution in [0.25, 0.3) is 0 Å². The number of ketones is 1. The Morgan fingerprint density at radius 3 is 2.61 bits per heavy atom. The van der Waals surface area contributed by atoms with E-state index in [1.165, 1.54) is 7.11 Å². The third-order valence-corrected chi connectivity index (χ3v) is 3.99. The van der Waals surface area contributed by atoms with Gasteiger partial charge in [0.05, 0.1) is 18.7 Å². The number of hydrogen-bond acceptors (Lipinski definition) is 3. The first-order chi connectivity index (χ1) is 8.54. The van der Waals surface area contributed by atoms with E-state index in [4.69, 9.17) is 16.3 Å². The molecule has 0 aliphatic heterocycles.